The first kappa shape index (κ1) is 25.8. The van der Waals surface area contributed by atoms with Gasteiger partial charge in [0.2, 0.25) is 0 Å². The second kappa shape index (κ2) is 11.7. The molecule has 0 radical (unpaired) electrons. The number of ether oxygens (including phenoxy) is 1. The van der Waals surface area contributed by atoms with Crippen LogP contribution in [-0.4, -0.2) is 36.3 Å². The largest absolute Gasteiger partial charge is 0.497 e. The molecule has 2 heterocycles. The fourth-order valence-electron chi connectivity index (χ4n) is 6.00. The standard InChI is InChI=1S/C33H36N2O3/c1-23-7-3-4-12-30(23)26-10-6-11-28(19-26)35-18-16-24(27(22-35)20-33(36)37)8-5-9-25-15-17-34-32-14-13-29(38-2)21-31(25)32/h3-4,6-7,10-15,17,19,21,24,27H,5,8-9,16,18,20,22H2,1-2H3,(H,36,37)/t24-,27+/m1/s1. The van der Waals surface area contributed by atoms with Gasteiger partial charge in [-0.2, -0.15) is 0 Å². The Bertz CT molecular complexity index is 1420. The van der Waals surface area contributed by atoms with Crippen LogP contribution in [0.5, 0.6) is 5.75 Å². The van der Waals surface area contributed by atoms with Crippen LogP contribution in [0.1, 0.15) is 36.8 Å². The van der Waals surface area contributed by atoms with Crippen LogP contribution in [0.25, 0.3) is 22.0 Å². The first-order valence-corrected chi connectivity index (χ1v) is 13.6. The van der Waals surface area contributed by atoms with Crippen molar-refractivity contribution in [3.8, 4) is 16.9 Å². The van der Waals surface area contributed by atoms with Crippen molar-refractivity contribution in [3.05, 3.63) is 90.1 Å². The van der Waals surface area contributed by atoms with Crippen LogP contribution in [0.4, 0.5) is 5.69 Å². The summed E-state index contributed by atoms with van der Waals surface area (Å²) in [6.07, 6.45) is 6.11. The lowest BCUT2D eigenvalue weighted by molar-refractivity contribution is -0.138. The zero-order valence-electron chi connectivity index (χ0n) is 22.3. The predicted octanol–water partition coefficient (Wildman–Crippen LogP) is 7.16. The molecular weight excluding hydrogens is 472 g/mol. The Morgan fingerprint density at radius 2 is 1.92 bits per heavy atom. The quantitative estimate of drug-likeness (QED) is 0.260. The normalized spacial score (nSPS) is 17.5. The summed E-state index contributed by atoms with van der Waals surface area (Å²) in [4.78, 5) is 18.7. The number of nitrogens with zero attached hydrogens (tertiary/aromatic N) is 2. The molecule has 4 aromatic rings. The average molecular weight is 509 g/mol. The lowest BCUT2D eigenvalue weighted by Crippen LogP contribution is -2.41. The van der Waals surface area contributed by atoms with E-state index in [4.69, 9.17) is 4.74 Å². The van der Waals surface area contributed by atoms with Crippen molar-refractivity contribution in [2.75, 3.05) is 25.1 Å². The molecule has 0 aliphatic carbocycles. The molecule has 0 spiro atoms. The van der Waals surface area contributed by atoms with Crippen molar-refractivity contribution in [1.82, 2.24) is 4.98 Å². The summed E-state index contributed by atoms with van der Waals surface area (Å²) in [7, 11) is 1.69. The van der Waals surface area contributed by atoms with Crippen LogP contribution < -0.4 is 9.64 Å². The van der Waals surface area contributed by atoms with E-state index in [2.05, 4.69) is 77.5 Å². The number of carboxylic acid groups (broad SMARTS) is 1. The third-order valence-electron chi connectivity index (χ3n) is 8.06. The molecule has 2 atom stereocenters. The number of hydrogen-bond acceptors (Lipinski definition) is 4. The minimum absolute atomic E-state index is 0.137. The topological polar surface area (TPSA) is 62.7 Å². The number of aromatic nitrogens is 1. The maximum Gasteiger partial charge on any atom is 0.303 e. The van der Waals surface area contributed by atoms with E-state index in [9.17, 15) is 9.90 Å². The van der Waals surface area contributed by atoms with E-state index in [0.29, 0.717) is 5.92 Å². The van der Waals surface area contributed by atoms with E-state index in [-0.39, 0.29) is 12.3 Å². The fraction of sp³-hybridized carbons (Fsp3) is 0.333. The summed E-state index contributed by atoms with van der Waals surface area (Å²) < 4.78 is 5.42. The van der Waals surface area contributed by atoms with Gasteiger partial charge in [0, 0.05) is 30.4 Å². The van der Waals surface area contributed by atoms with Gasteiger partial charge in [-0.3, -0.25) is 9.78 Å². The first-order valence-electron chi connectivity index (χ1n) is 13.6. The minimum atomic E-state index is -0.706. The number of hydrogen-bond donors (Lipinski definition) is 1. The Hall–Kier alpha value is -3.86. The van der Waals surface area contributed by atoms with E-state index in [1.807, 2.05) is 18.3 Å². The first-order chi connectivity index (χ1) is 18.5. The number of anilines is 1. The number of carboxylic acids is 1. The lowest BCUT2D eigenvalue weighted by atomic mass is 9.79. The Morgan fingerprint density at radius 1 is 1.05 bits per heavy atom. The molecule has 196 valence electrons. The van der Waals surface area contributed by atoms with Gasteiger partial charge in [-0.25, -0.2) is 0 Å². The maximum atomic E-state index is 11.8. The van der Waals surface area contributed by atoms with Gasteiger partial charge in [0.1, 0.15) is 5.75 Å². The third kappa shape index (κ3) is 5.83. The highest BCUT2D eigenvalue weighted by atomic mass is 16.5. The maximum absolute atomic E-state index is 11.8. The number of aryl methyl sites for hydroxylation is 2. The molecule has 0 amide bonds. The molecular formula is C33H36N2O3. The van der Waals surface area contributed by atoms with Crippen molar-refractivity contribution in [2.45, 2.75) is 39.0 Å². The van der Waals surface area contributed by atoms with Gasteiger partial charge in [0.25, 0.3) is 0 Å². The Kier molecular flexibility index (Phi) is 7.92. The van der Waals surface area contributed by atoms with E-state index >= 15 is 0 Å². The van der Waals surface area contributed by atoms with Gasteiger partial charge < -0.3 is 14.7 Å². The predicted molar refractivity (Wildman–Crippen MR) is 154 cm³/mol. The van der Waals surface area contributed by atoms with Crippen LogP contribution in [0.15, 0.2) is 79.0 Å². The Morgan fingerprint density at radius 3 is 2.74 bits per heavy atom. The van der Waals surface area contributed by atoms with Crippen LogP contribution in [0.2, 0.25) is 0 Å². The van der Waals surface area contributed by atoms with Crippen molar-refractivity contribution >= 4 is 22.6 Å². The zero-order chi connectivity index (χ0) is 26.5. The number of fused-ring (bicyclic) bond motifs is 1. The number of aliphatic carboxylic acids is 1. The highest BCUT2D eigenvalue weighted by Gasteiger charge is 2.31. The summed E-state index contributed by atoms with van der Waals surface area (Å²) in [5.41, 5.74) is 7.14. The van der Waals surface area contributed by atoms with Crippen molar-refractivity contribution in [3.63, 3.8) is 0 Å². The molecule has 3 aromatic carbocycles. The summed E-state index contributed by atoms with van der Waals surface area (Å²) in [6, 6.07) is 25.2. The molecule has 5 nitrogen and oxygen atoms in total. The van der Waals surface area contributed by atoms with Crippen molar-refractivity contribution < 1.29 is 14.6 Å². The molecule has 1 saturated heterocycles. The van der Waals surface area contributed by atoms with Crippen molar-refractivity contribution in [1.29, 1.82) is 0 Å². The van der Waals surface area contributed by atoms with Gasteiger partial charge in [-0.15, -0.1) is 0 Å². The number of rotatable bonds is 9. The number of piperidine rings is 1. The molecule has 5 heteroatoms. The fourth-order valence-corrected chi connectivity index (χ4v) is 6.00. The third-order valence-corrected chi connectivity index (χ3v) is 8.06. The molecule has 0 bridgehead atoms. The summed E-state index contributed by atoms with van der Waals surface area (Å²) in [5, 5.41) is 10.8. The van der Waals surface area contributed by atoms with E-state index in [1.165, 1.54) is 27.9 Å². The van der Waals surface area contributed by atoms with Crippen LogP contribution in [0, 0.1) is 18.8 Å². The van der Waals surface area contributed by atoms with Gasteiger partial charge in [0.15, 0.2) is 0 Å². The molecule has 1 aliphatic heterocycles. The molecule has 1 N–H and O–H groups in total. The SMILES string of the molecule is COc1ccc2nccc(CCC[C@@H]3CCN(c4cccc(-c5ccccc5C)c4)C[C@@H]3CC(=O)O)c2c1. The molecule has 5 rings (SSSR count). The molecule has 1 aromatic heterocycles. The van der Waals surface area contributed by atoms with Gasteiger partial charge in [-0.1, -0.05) is 36.4 Å². The highest BCUT2D eigenvalue weighted by Crippen LogP contribution is 2.35. The summed E-state index contributed by atoms with van der Waals surface area (Å²) >= 11 is 0. The van der Waals surface area contributed by atoms with E-state index in [0.717, 1.165) is 55.4 Å². The number of pyridine rings is 1. The van der Waals surface area contributed by atoms with Crippen LogP contribution >= 0.6 is 0 Å². The number of methoxy groups -OCH3 is 1. The molecule has 1 fully saturated rings. The average Bonchev–Trinajstić information content (AvgIpc) is 2.93. The van der Waals surface area contributed by atoms with E-state index in [1.54, 1.807) is 7.11 Å². The summed E-state index contributed by atoms with van der Waals surface area (Å²) in [5.74, 6) is 0.678. The lowest BCUT2D eigenvalue weighted by Gasteiger charge is -2.39. The number of benzene rings is 3. The second-order valence-electron chi connectivity index (χ2n) is 10.5. The molecule has 0 saturated carbocycles. The van der Waals surface area contributed by atoms with Crippen LogP contribution in [0.3, 0.4) is 0 Å². The zero-order valence-corrected chi connectivity index (χ0v) is 22.3. The van der Waals surface area contributed by atoms with Gasteiger partial charge in [0.05, 0.1) is 19.0 Å². The second-order valence-corrected chi connectivity index (χ2v) is 10.5. The molecule has 38 heavy (non-hydrogen) atoms. The minimum Gasteiger partial charge on any atom is -0.497 e. The molecule has 0 unspecified atom stereocenters. The monoisotopic (exact) mass is 508 g/mol. The van der Waals surface area contributed by atoms with E-state index < -0.39 is 5.97 Å². The van der Waals surface area contributed by atoms with Crippen LogP contribution in [-0.2, 0) is 11.2 Å². The van der Waals surface area contributed by atoms with Crippen molar-refractivity contribution in [2.24, 2.45) is 11.8 Å². The Labute approximate surface area is 225 Å². The van der Waals surface area contributed by atoms with Gasteiger partial charge >= 0.3 is 5.97 Å². The number of carbonyl (C=O) groups is 1. The highest BCUT2D eigenvalue weighted by molar-refractivity contribution is 5.83. The molecule has 1 aliphatic rings. The Balaban J connectivity index is 1.27. The van der Waals surface area contributed by atoms with Gasteiger partial charge in [-0.05, 0) is 103 Å². The summed E-state index contributed by atoms with van der Waals surface area (Å²) in [6.45, 7) is 3.87. The smallest absolute Gasteiger partial charge is 0.303 e.